The van der Waals surface area contributed by atoms with Crippen molar-refractivity contribution in [2.45, 2.75) is 33.8 Å². The molecule has 1 aliphatic heterocycles. The van der Waals surface area contributed by atoms with Crippen LogP contribution in [0.5, 0.6) is 5.75 Å². The van der Waals surface area contributed by atoms with E-state index < -0.39 is 17.6 Å². The van der Waals surface area contributed by atoms with Crippen molar-refractivity contribution >= 4 is 28.8 Å². The molecule has 0 aliphatic carbocycles. The second-order valence-corrected chi connectivity index (χ2v) is 8.37. The summed E-state index contributed by atoms with van der Waals surface area (Å²) in [6, 6.07) is 18.3. The number of rotatable bonds is 6. The van der Waals surface area contributed by atoms with Crippen molar-refractivity contribution in [3.63, 3.8) is 0 Å². The minimum atomic E-state index is -0.540. The van der Waals surface area contributed by atoms with E-state index in [1.165, 1.54) is 24.3 Å². The van der Waals surface area contributed by atoms with Crippen LogP contribution >= 0.6 is 0 Å². The van der Waals surface area contributed by atoms with E-state index in [1.807, 2.05) is 45.9 Å². The van der Waals surface area contributed by atoms with Crippen molar-refractivity contribution in [1.82, 2.24) is 0 Å². The summed E-state index contributed by atoms with van der Waals surface area (Å²) >= 11 is 0. The molecule has 0 aromatic heterocycles. The molecule has 2 amide bonds. The molecule has 0 unspecified atom stereocenters. The van der Waals surface area contributed by atoms with E-state index >= 15 is 0 Å². The molecule has 0 radical (unpaired) electrons. The van der Waals surface area contributed by atoms with Crippen LogP contribution in [0.2, 0.25) is 0 Å². The van der Waals surface area contributed by atoms with Gasteiger partial charge in [0.05, 0.1) is 17.4 Å². The van der Waals surface area contributed by atoms with Gasteiger partial charge in [-0.25, -0.2) is 9.29 Å². The molecule has 0 bridgehead atoms. The van der Waals surface area contributed by atoms with Crippen molar-refractivity contribution < 1.29 is 18.7 Å². The minimum absolute atomic E-state index is 0.00927. The largest absolute Gasteiger partial charge is 0.491 e. The van der Waals surface area contributed by atoms with Crippen LogP contribution in [0.1, 0.15) is 30.5 Å². The van der Waals surface area contributed by atoms with Gasteiger partial charge in [0.1, 0.15) is 17.3 Å². The minimum Gasteiger partial charge on any atom is -0.491 e. The highest BCUT2D eigenvalue weighted by atomic mass is 19.1. The standard InChI is InChI=1S/C27H25FN2O3/c1-16(2)33-23-10-8-19(9-11-23)24-25(29-21-13-17(3)12-18(4)14-21)27(32)30(26(24)31)22-7-5-6-20(28)15-22/h5-16,29H,1-4H3. The SMILES string of the molecule is Cc1cc(C)cc(NC2=C(c3ccc(OC(C)C)cc3)C(=O)N(c3cccc(F)c3)C2=O)c1. The third kappa shape index (κ3) is 4.65. The van der Waals surface area contributed by atoms with Gasteiger partial charge in [-0.2, -0.15) is 0 Å². The summed E-state index contributed by atoms with van der Waals surface area (Å²) < 4.78 is 19.6. The maximum absolute atomic E-state index is 13.9. The number of amides is 2. The second-order valence-electron chi connectivity index (χ2n) is 8.37. The van der Waals surface area contributed by atoms with Crippen molar-refractivity contribution in [2.75, 3.05) is 10.2 Å². The van der Waals surface area contributed by atoms with Gasteiger partial charge in [0.2, 0.25) is 0 Å². The van der Waals surface area contributed by atoms with Crippen molar-refractivity contribution in [1.29, 1.82) is 0 Å². The Hall–Kier alpha value is -3.93. The Balaban J connectivity index is 1.80. The van der Waals surface area contributed by atoms with E-state index in [0.717, 1.165) is 16.0 Å². The van der Waals surface area contributed by atoms with Crippen LogP contribution in [0.25, 0.3) is 5.57 Å². The molecule has 3 aromatic rings. The molecule has 0 saturated carbocycles. The van der Waals surface area contributed by atoms with Crippen LogP contribution in [0.4, 0.5) is 15.8 Å². The molecule has 1 heterocycles. The lowest BCUT2D eigenvalue weighted by Crippen LogP contribution is -2.32. The number of carbonyl (C=O) groups excluding carboxylic acids is 2. The normalized spacial score (nSPS) is 13.8. The Morgan fingerprint density at radius 1 is 0.879 bits per heavy atom. The van der Waals surface area contributed by atoms with Gasteiger partial charge < -0.3 is 10.1 Å². The Morgan fingerprint density at radius 3 is 2.15 bits per heavy atom. The Bertz CT molecular complexity index is 1240. The molecule has 4 rings (SSSR count). The predicted octanol–water partition coefficient (Wildman–Crippen LogP) is 5.63. The highest BCUT2D eigenvalue weighted by Crippen LogP contribution is 2.35. The molecule has 168 valence electrons. The van der Waals surface area contributed by atoms with Gasteiger partial charge in [0.25, 0.3) is 11.8 Å². The summed E-state index contributed by atoms with van der Waals surface area (Å²) in [6.45, 7) is 7.78. The van der Waals surface area contributed by atoms with E-state index in [0.29, 0.717) is 17.0 Å². The first-order chi connectivity index (χ1) is 15.7. The maximum Gasteiger partial charge on any atom is 0.282 e. The number of ether oxygens (including phenoxy) is 1. The zero-order valence-corrected chi connectivity index (χ0v) is 19.0. The summed E-state index contributed by atoms with van der Waals surface area (Å²) in [5, 5.41) is 3.16. The molecule has 3 aromatic carbocycles. The van der Waals surface area contributed by atoms with E-state index in [1.54, 1.807) is 24.3 Å². The Labute approximate surface area is 192 Å². The van der Waals surface area contributed by atoms with E-state index in [2.05, 4.69) is 5.32 Å². The van der Waals surface area contributed by atoms with E-state index in [4.69, 9.17) is 4.74 Å². The Morgan fingerprint density at radius 2 is 1.55 bits per heavy atom. The molecule has 5 nitrogen and oxygen atoms in total. The van der Waals surface area contributed by atoms with Gasteiger partial charge >= 0.3 is 0 Å². The first-order valence-electron chi connectivity index (χ1n) is 10.7. The highest BCUT2D eigenvalue weighted by Gasteiger charge is 2.40. The van der Waals surface area contributed by atoms with Crippen molar-refractivity contribution in [2.24, 2.45) is 0 Å². The van der Waals surface area contributed by atoms with Crippen molar-refractivity contribution in [3.05, 3.63) is 94.9 Å². The predicted molar refractivity (Wildman–Crippen MR) is 128 cm³/mol. The number of nitrogens with one attached hydrogen (secondary N) is 1. The summed E-state index contributed by atoms with van der Waals surface area (Å²) in [6.07, 6.45) is 0.00927. The van der Waals surface area contributed by atoms with Crippen LogP contribution in [0.3, 0.4) is 0 Å². The lowest BCUT2D eigenvalue weighted by atomic mass is 10.0. The number of halogens is 1. The zero-order chi connectivity index (χ0) is 23.7. The molecule has 0 saturated heterocycles. The number of benzene rings is 3. The zero-order valence-electron chi connectivity index (χ0n) is 19.0. The number of hydrogen-bond acceptors (Lipinski definition) is 4. The first-order valence-corrected chi connectivity index (χ1v) is 10.7. The molecule has 0 spiro atoms. The fourth-order valence-corrected chi connectivity index (χ4v) is 3.93. The van der Waals surface area contributed by atoms with Gasteiger partial charge in [-0.3, -0.25) is 9.59 Å². The summed E-state index contributed by atoms with van der Waals surface area (Å²) in [7, 11) is 0. The molecular weight excluding hydrogens is 419 g/mol. The number of hydrogen-bond donors (Lipinski definition) is 1. The number of imide groups is 1. The maximum atomic E-state index is 13.9. The molecule has 33 heavy (non-hydrogen) atoms. The monoisotopic (exact) mass is 444 g/mol. The van der Waals surface area contributed by atoms with E-state index in [9.17, 15) is 14.0 Å². The number of carbonyl (C=O) groups is 2. The second kappa shape index (κ2) is 8.90. The summed E-state index contributed by atoms with van der Waals surface area (Å²) in [5.74, 6) is -0.922. The van der Waals surface area contributed by atoms with Crippen molar-refractivity contribution in [3.8, 4) is 5.75 Å². The number of nitrogens with zero attached hydrogens (tertiary/aromatic N) is 1. The third-order valence-electron chi connectivity index (χ3n) is 5.16. The molecule has 1 N–H and O–H groups in total. The van der Waals surface area contributed by atoms with Crippen LogP contribution < -0.4 is 15.0 Å². The van der Waals surface area contributed by atoms with Crippen LogP contribution in [-0.4, -0.2) is 17.9 Å². The fraction of sp³-hybridized carbons (Fsp3) is 0.185. The Kier molecular flexibility index (Phi) is 6.01. The quantitative estimate of drug-likeness (QED) is 0.501. The number of anilines is 2. The van der Waals surface area contributed by atoms with Crippen LogP contribution in [0, 0.1) is 19.7 Å². The topological polar surface area (TPSA) is 58.6 Å². The molecule has 6 heteroatoms. The van der Waals surface area contributed by atoms with Crippen LogP contribution in [-0.2, 0) is 9.59 Å². The average Bonchev–Trinajstić information content (AvgIpc) is 2.97. The average molecular weight is 445 g/mol. The lowest BCUT2D eigenvalue weighted by molar-refractivity contribution is -0.120. The first kappa shape index (κ1) is 22.3. The highest BCUT2D eigenvalue weighted by molar-refractivity contribution is 6.46. The molecule has 0 fully saturated rings. The summed E-state index contributed by atoms with van der Waals surface area (Å²) in [4.78, 5) is 27.9. The third-order valence-corrected chi connectivity index (χ3v) is 5.16. The summed E-state index contributed by atoms with van der Waals surface area (Å²) in [5.41, 5.74) is 3.85. The molecule has 0 atom stereocenters. The smallest absolute Gasteiger partial charge is 0.282 e. The fourth-order valence-electron chi connectivity index (χ4n) is 3.93. The number of aryl methyl sites for hydroxylation is 2. The molecule has 1 aliphatic rings. The van der Waals surface area contributed by atoms with Gasteiger partial charge in [-0.05, 0) is 86.8 Å². The lowest BCUT2D eigenvalue weighted by Gasteiger charge is -2.15. The van der Waals surface area contributed by atoms with Gasteiger partial charge in [0.15, 0.2) is 0 Å². The van der Waals surface area contributed by atoms with Gasteiger partial charge in [-0.15, -0.1) is 0 Å². The van der Waals surface area contributed by atoms with Gasteiger partial charge in [0, 0.05) is 5.69 Å². The van der Waals surface area contributed by atoms with E-state index in [-0.39, 0.29) is 23.1 Å². The van der Waals surface area contributed by atoms with Crippen LogP contribution in [0.15, 0.2) is 72.4 Å². The van der Waals surface area contributed by atoms with Gasteiger partial charge in [-0.1, -0.05) is 24.3 Å². The molecular formula is C27H25FN2O3.